The van der Waals surface area contributed by atoms with Crippen molar-refractivity contribution in [3.8, 4) is 6.07 Å². The zero-order valence-corrected chi connectivity index (χ0v) is 16.2. The lowest BCUT2D eigenvalue weighted by Crippen LogP contribution is -2.45. The first-order valence-corrected chi connectivity index (χ1v) is 9.51. The third-order valence-electron chi connectivity index (χ3n) is 5.20. The lowest BCUT2D eigenvalue weighted by Gasteiger charge is -2.34. The van der Waals surface area contributed by atoms with Gasteiger partial charge >= 0.3 is 6.09 Å². The first kappa shape index (κ1) is 20.1. The van der Waals surface area contributed by atoms with Gasteiger partial charge in [0.25, 0.3) is 6.08 Å². The number of carbonyl (C=O) groups excluding carboxylic acids is 2. The van der Waals surface area contributed by atoms with E-state index >= 15 is 0 Å². The largest absolute Gasteiger partial charge is 0.550 e. The molecule has 2 heterocycles. The van der Waals surface area contributed by atoms with E-state index in [2.05, 4.69) is 23.8 Å². The highest BCUT2D eigenvalue weighted by Gasteiger charge is 2.53. The summed E-state index contributed by atoms with van der Waals surface area (Å²) in [7, 11) is 0. The number of halogens is 1. The molecule has 28 heavy (non-hydrogen) atoms. The van der Waals surface area contributed by atoms with Crippen LogP contribution < -0.4 is 9.49 Å². The van der Waals surface area contributed by atoms with Crippen LogP contribution in [0, 0.1) is 23.1 Å². The Morgan fingerprint density at radius 2 is 2.32 bits per heavy atom. The predicted molar refractivity (Wildman–Crippen MR) is 105 cm³/mol. The number of nitriles is 1. The average Bonchev–Trinajstić information content (AvgIpc) is 3.00. The molecular formula is C19H20FN4O3S+. The Kier molecular flexibility index (Phi) is 5.84. The Bertz CT molecular complexity index is 909. The van der Waals surface area contributed by atoms with Crippen LogP contribution in [0.3, 0.4) is 0 Å². The van der Waals surface area contributed by atoms with Crippen LogP contribution in [-0.2, 0) is 9.53 Å². The molecule has 1 aromatic carbocycles. The summed E-state index contributed by atoms with van der Waals surface area (Å²) in [5.74, 6) is -0.112. The Morgan fingerprint density at radius 3 is 2.89 bits per heavy atom. The van der Waals surface area contributed by atoms with Crippen molar-refractivity contribution < 1.29 is 18.7 Å². The standard InChI is InChI=1S/C19H19FN4O3S/c1-13-9-23(7-5-14(13)4-6-21)18-3-2-15(8-17(18)20)24(22-12-25)10-16(11-28)27-19(24)26/h2-4,8,13,16H,5,7,9-11H2,1H3/p+1/t13?,16?,24-/m0/s1. The van der Waals surface area contributed by atoms with Gasteiger partial charge in [-0.05, 0) is 18.4 Å². The summed E-state index contributed by atoms with van der Waals surface area (Å²) in [6.07, 6.45) is 2.36. The number of amides is 1. The summed E-state index contributed by atoms with van der Waals surface area (Å²) in [5, 5.41) is 12.5. The van der Waals surface area contributed by atoms with Crippen molar-refractivity contribution in [1.82, 2.24) is 4.59 Å². The highest BCUT2D eigenvalue weighted by atomic mass is 32.1. The molecule has 2 aliphatic rings. The third-order valence-corrected chi connectivity index (χ3v) is 5.61. The van der Waals surface area contributed by atoms with E-state index in [1.165, 1.54) is 12.1 Å². The molecule has 2 saturated heterocycles. The Hall–Kier alpha value is -2.66. The topological polar surface area (TPSA) is 82.8 Å². The minimum absolute atomic E-state index is 0.0550. The number of hydrogen-bond donors (Lipinski definition) is 1. The highest BCUT2D eigenvalue weighted by molar-refractivity contribution is 7.80. The molecule has 146 valence electrons. The minimum atomic E-state index is -0.780. The number of allylic oxidation sites excluding steroid dienone is 1. The molecular weight excluding hydrogens is 383 g/mol. The molecule has 0 N–H and O–H groups in total. The average molecular weight is 403 g/mol. The second-order valence-corrected chi connectivity index (χ2v) is 7.28. The van der Waals surface area contributed by atoms with Gasteiger partial charge in [-0.1, -0.05) is 17.1 Å². The molecule has 1 aromatic rings. The number of thiol groups is 1. The summed E-state index contributed by atoms with van der Waals surface area (Å²) >= 11 is 4.12. The molecule has 9 heteroatoms. The van der Waals surface area contributed by atoms with Crippen molar-refractivity contribution in [2.75, 3.05) is 30.3 Å². The van der Waals surface area contributed by atoms with Crippen LogP contribution in [0.2, 0.25) is 0 Å². The van der Waals surface area contributed by atoms with Crippen molar-refractivity contribution >= 4 is 36.2 Å². The maximum Gasteiger partial charge on any atom is 0.550 e. The minimum Gasteiger partial charge on any atom is -0.408 e. The van der Waals surface area contributed by atoms with Crippen molar-refractivity contribution in [1.29, 1.82) is 5.26 Å². The van der Waals surface area contributed by atoms with Crippen molar-refractivity contribution in [2.24, 2.45) is 11.0 Å². The second kappa shape index (κ2) is 8.15. The third kappa shape index (κ3) is 3.54. The smallest absolute Gasteiger partial charge is 0.408 e. The van der Waals surface area contributed by atoms with Crippen LogP contribution in [0.1, 0.15) is 13.3 Å². The van der Waals surface area contributed by atoms with E-state index in [0.717, 1.165) is 5.57 Å². The van der Waals surface area contributed by atoms with Gasteiger partial charge in [-0.2, -0.15) is 22.7 Å². The van der Waals surface area contributed by atoms with Gasteiger partial charge in [0.15, 0.2) is 24.2 Å². The summed E-state index contributed by atoms with van der Waals surface area (Å²) in [6, 6.07) is 6.42. The van der Waals surface area contributed by atoms with Gasteiger partial charge in [0.2, 0.25) is 0 Å². The summed E-state index contributed by atoms with van der Waals surface area (Å²) in [5.41, 5.74) is 1.66. The number of hydrogen-bond acceptors (Lipinski definition) is 7. The normalized spacial score (nSPS) is 28.6. The van der Waals surface area contributed by atoms with E-state index in [0.29, 0.717) is 25.2 Å². The number of isocyanates is 1. The number of rotatable bonds is 4. The molecule has 3 rings (SSSR count). The molecule has 2 unspecified atom stereocenters. The van der Waals surface area contributed by atoms with E-state index in [1.54, 1.807) is 18.2 Å². The van der Waals surface area contributed by atoms with E-state index in [1.807, 2.05) is 11.8 Å². The van der Waals surface area contributed by atoms with Crippen LogP contribution in [0.15, 0.2) is 34.9 Å². The van der Waals surface area contributed by atoms with E-state index in [4.69, 9.17) is 10.00 Å². The van der Waals surface area contributed by atoms with Crippen molar-refractivity contribution in [3.05, 3.63) is 35.7 Å². The van der Waals surface area contributed by atoms with Gasteiger partial charge in [0, 0.05) is 42.2 Å². The number of carbonyl (C=O) groups is 1. The molecule has 2 aliphatic heterocycles. The van der Waals surface area contributed by atoms with Crippen LogP contribution in [0.5, 0.6) is 0 Å². The highest BCUT2D eigenvalue weighted by Crippen LogP contribution is 2.36. The van der Waals surface area contributed by atoms with Crippen LogP contribution in [-0.4, -0.2) is 43.7 Å². The zero-order valence-electron chi connectivity index (χ0n) is 15.3. The zero-order chi connectivity index (χ0) is 20.3. The quantitative estimate of drug-likeness (QED) is 0.275. The number of piperidine rings is 1. The number of quaternary nitrogens is 1. The maximum atomic E-state index is 15.0. The fraction of sp³-hybridized carbons (Fsp3) is 0.421. The van der Waals surface area contributed by atoms with Crippen molar-refractivity contribution in [2.45, 2.75) is 19.4 Å². The molecule has 1 amide bonds. The number of nitrogens with zero attached hydrogens (tertiary/aromatic N) is 4. The molecule has 0 aromatic heterocycles. The van der Waals surface area contributed by atoms with E-state index < -0.39 is 22.6 Å². The summed E-state index contributed by atoms with van der Waals surface area (Å²) < 4.78 is 19.4. The van der Waals surface area contributed by atoms with Gasteiger partial charge in [0.1, 0.15) is 0 Å². The SMILES string of the molecule is CC1CN(c2ccc([N@@+]3(N=C=O)CC(CS)OC3=O)cc2F)CCC1=CC#N. The molecule has 2 fully saturated rings. The lowest BCUT2D eigenvalue weighted by molar-refractivity contribution is 0.140. The van der Waals surface area contributed by atoms with Crippen LogP contribution >= 0.6 is 12.6 Å². The van der Waals surface area contributed by atoms with Gasteiger partial charge in [0.05, 0.1) is 11.8 Å². The Labute approximate surface area is 167 Å². The lowest BCUT2D eigenvalue weighted by atomic mass is 9.92. The summed E-state index contributed by atoms with van der Waals surface area (Å²) in [6.45, 7) is 3.22. The Balaban J connectivity index is 1.90. The fourth-order valence-corrected chi connectivity index (χ4v) is 3.89. The molecule has 0 spiro atoms. The first-order chi connectivity index (χ1) is 13.4. The van der Waals surface area contributed by atoms with Gasteiger partial charge in [-0.25, -0.2) is 9.18 Å². The van der Waals surface area contributed by atoms with Gasteiger partial charge < -0.3 is 9.64 Å². The van der Waals surface area contributed by atoms with Gasteiger partial charge in [-0.15, -0.1) is 0 Å². The molecule has 0 aliphatic carbocycles. The van der Waals surface area contributed by atoms with E-state index in [9.17, 15) is 14.0 Å². The molecule has 0 radical (unpaired) electrons. The molecule has 3 atom stereocenters. The van der Waals surface area contributed by atoms with E-state index in [-0.39, 0.29) is 23.9 Å². The summed E-state index contributed by atoms with van der Waals surface area (Å²) in [4.78, 5) is 25.2. The second-order valence-electron chi connectivity index (χ2n) is 6.91. The van der Waals surface area contributed by atoms with Crippen LogP contribution in [0.25, 0.3) is 0 Å². The predicted octanol–water partition coefficient (Wildman–Crippen LogP) is 3.13. The molecule has 0 bridgehead atoms. The number of cyclic esters (lactones) is 1. The first-order valence-electron chi connectivity index (χ1n) is 8.88. The number of anilines is 1. The molecule has 0 saturated carbocycles. The molecule has 7 nitrogen and oxygen atoms in total. The maximum absolute atomic E-state index is 15.0. The van der Waals surface area contributed by atoms with Gasteiger partial charge in [-0.3, -0.25) is 0 Å². The number of benzene rings is 1. The Morgan fingerprint density at radius 1 is 1.54 bits per heavy atom. The van der Waals surface area contributed by atoms with Crippen LogP contribution in [0.4, 0.5) is 20.6 Å². The fourth-order valence-electron chi connectivity index (χ4n) is 3.70. The van der Waals surface area contributed by atoms with Crippen molar-refractivity contribution in [3.63, 3.8) is 0 Å². The number of ether oxygens (including phenoxy) is 1. The monoisotopic (exact) mass is 403 g/mol.